The third-order valence-electron chi connectivity index (χ3n) is 3.42. The van der Waals surface area contributed by atoms with Gasteiger partial charge in [-0.2, -0.15) is 0 Å². The van der Waals surface area contributed by atoms with E-state index in [0.29, 0.717) is 6.04 Å². The zero-order valence-electron chi connectivity index (χ0n) is 10.5. The average Bonchev–Trinajstić information content (AvgIpc) is 2.82. The van der Waals surface area contributed by atoms with Gasteiger partial charge in [0.25, 0.3) is 5.91 Å². The summed E-state index contributed by atoms with van der Waals surface area (Å²) >= 11 is 10.3. The van der Waals surface area contributed by atoms with Crippen LogP contribution in [0.4, 0.5) is 0 Å². The van der Waals surface area contributed by atoms with E-state index in [4.69, 9.17) is 0 Å². The maximum atomic E-state index is 12.6. The number of rotatable bonds is 4. The van der Waals surface area contributed by atoms with Crippen LogP contribution < -0.4 is 0 Å². The van der Waals surface area contributed by atoms with Crippen LogP contribution in [0.3, 0.4) is 0 Å². The van der Waals surface area contributed by atoms with Crippen LogP contribution in [0.2, 0.25) is 0 Å². The maximum Gasteiger partial charge on any atom is 0.254 e. The van der Waals surface area contributed by atoms with E-state index in [9.17, 15) is 4.79 Å². The van der Waals surface area contributed by atoms with E-state index >= 15 is 0 Å². The van der Waals surface area contributed by atoms with Crippen molar-refractivity contribution in [3.63, 3.8) is 0 Å². The minimum absolute atomic E-state index is 0.152. The molecule has 104 valence electrons. The van der Waals surface area contributed by atoms with E-state index < -0.39 is 0 Å². The molecule has 1 aromatic carbocycles. The number of hydrogen-bond acceptors (Lipinski definition) is 1. The zero-order chi connectivity index (χ0) is 13.8. The summed E-state index contributed by atoms with van der Waals surface area (Å²) in [6.45, 7) is 0.885. The first-order valence-electron chi connectivity index (χ1n) is 6.45. The van der Waals surface area contributed by atoms with Crippen LogP contribution in [-0.2, 0) is 0 Å². The molecule has 0 N–H and O–H groups in total. The van der Waals surface area contributed by atoms with E-state index in [-0.39, 0.29) is 5.91 Å². The van der Waals surface area contributed by atoms with E-state index in [1.165, 1.54) is 0 Å². The largest absolute Gasteiger partial charge is 0.336 e. The van der Waals surface area contributed by atoms with Crippen molar-refractivity contribution < 1.29 is 4.79 Å². The van der Waals surface area contributed by atoms with Gasteiger partial charge in [-0.25, -0.2) is 0 Å². The summed E-state index contributed by atoms with van der Waals surface area (Å²) in [6, 6.07) is 6.14. The number of likely N-dealkylation sites (tertiary alicyclic amines) is 1. The molecule has 0 saturated carbocycles. The lowest BCUT2D eigenvalue weighted by Gasteiger charge is -2.25. The highest BCUT2D eigenvalue weighted by Gasteiger charge is 2.29. The van der Waals surface area contributed by atoms with E-state index in [2.05, 4.69) is 47.8 Å². The number of halogens is 3. The number of benzene rings is 1. The van der Waals surface area contributed by atoms with Gasteiger partial charge in [-0.15, -0.1) is 0 Å². The van der Waals surface area contributed by atoms with Gasteiger partial charge in [-0.1, -0.05) is 47.8 Å². The van der Waals surface area contributed by atoms with Crippen LogP contribution in [0.1, 0.15) is 36.0 Å². The van der Waals surface area contributed by atoms with Gasteiger partial charge >= 0.3 is 0 Å². The molecule has 2 rings (SSSR count). The van der Waals surface area contributed by atoms with Gasteiger partial charge < -0.3 is 4.90 Å². The topological polar surface area (TPSA) is 20.3 Å². The Morgan fingerprint density at radius 2 is 1.95 bits per heavy atom. The molecule has 1 fully saturated rings. The predicted octanol–water partition coefficient (Wildman–Crippen LogP) is 4.99. The van der Waals surface area contributed by atoms with Gasteiger partial charge in [0.1, 0.15) is 0 Å². The Bertz CT molecular complexity index is 444. The molecule has 1 saturated heterocycles. The molecule has 1 atom stereocenters. The smallest absolute Gasteiger partial charge is 0.254 e. The second-order valence-corrected chi connectivity index (χ2v) is 7.41. The quantitative estimate of drug-likeness (QED) is 0.588. The SMILES string of the molecule is O=C(c1cc(Br)cc(Br)c1)N1CCCC1CCCBr. The summed E-state index contributed by atoms with van der Waals surface area (Å²) in [7, 11) is 0. The molecule has 1 aliphatic heterocycles. The molecule has 1 heterocycles. The maximum absolute atomic E-state index is 12.6. The number of hydrogen-bond donors (Lipinski definition) is 0. The lowest BCUT2D eigenvalue weighted by molar-refractivity contribution is 0.0730. The molecule has 0 aromatic heterocycles. The fourth-order valence-corrected chi connectivity index (χ4v) is 4.18. The first-order chi connectivity index (χ1) is 9.11. The van der Waals surface area contributed by atoms with Crippen LogP contribution in [0, 0.1) is 0 Å². The first-order valence-corrected chi connectivity index (χ1v) is 9.15. The molecule has 1 aromatic rings. The van der Waals surface area contributed by atoms with Gasteiger partial charge in [-0.3, -0.25) is 4.79 Å². The van der Waals surface area contributed by atoms with Crippen molar-refractivity contribution in [3.05, 3.63) is 32.7 Å². The van der Waals surface area contributed by atoms with Crippen molar-refractivity contribution in [2.75, 3.05) is 11.9 Å². The number of alkyl halides is 1. The summed E-state index contributed by atoms with van der Waals surface area (Å²) in [6.07, 6.45) is 4.46. The minimum atomic E-state index is 0.152. The molecular formula is C14H16Br3NO. The van der Waals surface area contributed by atoms with Crippen LogP contribution in [-0.4, -0.2) is 28.7 Å². The summed E-state index contributed by atoms with van der Waals surface area (Å²) in [5.74, 6) is 0.152. The predicted molar refractivity (Wildman–Crippen MR) is 88.9 cm³/mol. The molecule has 5 heteroatoms. The highest BCUT2D eigenvalue weighted by molar-refractivity contribution is 9.11. The highest BCUT2D eigenvalue weighted by Crippen LogP contribution is 2.26. The second-order valence-electron chi connectivity index (χ2n) is 4.78. The van der Waals surface area contributed by atoms with E-state index in [0.717, 1.165) is 52.1 Å². The number of nitrogens with zero attached hydrogens (tertiary/aromatic N) is 1. The van der Waals surface area contributed by atoms with Crippen molar-refractivity contribution in [3.8, 4) is 0 Å². The fraction of sp³-hybridized carbons (Fsp3) is 0.500. The molecule has 1 amide bonds. The molecule has 0 aliphatic carbocycles. The lowest BCUT2D eigenvalue weighted by atomic mass is 10.1. The lowest BCUT2D eigenvalue weighted by Crippen LogP contribution is -2.35. The average molecular weight is 454 g/mol. The second kappa shape index (κ2) is 7.23. The number of amides is 1. The normalized spacial score (nSPS) is 18.9. The summed E-state index contributed by atoms with van der Waals surface area (Å²) in [4.78, 5) is 14.6. The Kier molecular flexibility index (Phi) is 5.90. The zero-order valence-corrected chi connectivity index (χ0v) is 15.3. The van der Waals surface area contributed by atoms with Gasteiger partial charge in [-0.05, 0) is 43.9 Å². The monoisotopic (exact) mass is 451 g/mol. The van der Waals surface area contributed by atoms with Crippen molar-refractivity contribution >= 4 is 53.7 Å². The van der Waals surface area contributed by atoms with Crippen LogP contribution in [0.25, 0.3) is 0 Å². The Morgan fingerprint density at radius 3 is 2.58 bits per heavy atom. The van der Waals surface area contributed by atoms with Crippen molar-refractivity contribution in [1.82, 2.24) is 4.90 Å². The Balaban J connectivity index is 2.13. The van der Waals surface area contributed by atoms with Crippen molar-refractivity contribution in [2.24, 2.45) is 0 Å². The van der Waals surface area contributed by atoms with Crippen molar-refractivity contribution in [2.45, 2.75) is 31.7 Å². The standard InChI is InChI=1S/C14H16Br3NO/c15-5-1-3-13-4-2-6-18(13)14(19)10-7-11(16)9-12(17)8-10/h7-9,13H,1-6H2. The molecule has 1 aliphatic rings. The number of carbonyl (C=O) groups excluding carboxylic acids is 1. The molecule has 1 unspecified atom stereocenters. The van der Waals surface area contributed by atoms with Crippen LogP contribution >= 0.6 is 47.8 Å². The minimum Gasteiger partial charge on any atom is -0.336 e. The third kappa shape index (κ3) is 4.05. The third-order valence-corrected chi connectivity index (χ3v) is 4.89. The molecule has 0 radical (unpaired) electrons. The molecular weight excluding hydrogens is 438 g/mol. The van der Waals surface area contributed by atoms with Gasteiger partial charge in [0.15, 0.2) is 0 Å². The summed E-state index contributed by atoms with van der Waals surface area (Å²) in [5.41, 5.74) is 0.756. The van der Waals surface area contributed by atoms with Crippen LogP contribution in [0.5, 0.6) is 0 Å². The first kappa shape index (κ1) is 15.5. The van der Waals surface area contributed by atoms with Gasteiger partial charge in [0, 0.05) is 32.4 Å². The van der Waals surface area contributed by atoms with Crippen molar-refractivity contribution in [1.29, 1.82) is 0 Å². The highest BCUT2D eigenvalue weighted by atomic mass is 79.9. The molecule has 0 spiro atoms. The van der Waals surface area contributed by atoms with Gasteiger partial charge in [0.2, 0.25) is 0 Å². The molecule has 0 bridgehead atoms. The van der Waals surface area contributed by atoms with Gasteiger partial charge in [0.05, 0.1) is 0 Å². The Morgan fingerprint density at radius 1 is 1.26 bits per heavy atom. The van der Waals surface area contributed by atoms with E-state index in [1.54, 1.807) is 0 Å². The summed E-state index contributed by atoms with van der Waals surface area (Å²) < 4.78 is 1.86. The molecule has 19 heavy (non-hydrogen) atoms. The fourth-order valence-electron chi connectivity index (χ4n) is 2.56. The van der Waals surface area contributed by atoms with E-state index in [1.807, 2.05) is 23.1 Å². The Hall–Kier alpha value is 0.130. The number of carbonyl (C=O) groups is 1. The summed E-state index contributed by atoms with van der Waals surface area (Å²) in [5, 5.41) is 1.01. The Labute approximate surface area is 139 Å². The molecule has 2 nitrogen and oxygen atoms in total. The van der Waals surface area contributed by atoms with Crippen LogP contribution in [0.15, 0.2) is 27.1 Å².